The van der Waals surface area contributed by atoms with E-state index in [-0.39, 0.29) is 6.42 Å². The topological polar surface area (TPSA) is 40.5 Å². The zero-order chi connectivity index (χ0) is 9.68. The monoisotopic (exact) mass is 176 g/mol. The second-order valence-corrected chi connectivity index (χ2v) is 2.84. The number of rotatable bonds is 3. The van der Waals surface area contributed by atoms with Crippen molar-refractivity contribution in [3.05, 3.63) is 35.9 Å². The molecule has 1 aromatic rings. The van der Waals surface area contributed by atoms with Crippen LogP contribution in [0.25, 0.3) is 0 Å². The van der Waals surface area contributed by atoms with Crippen molar-refractivity contribution in [3.8, 4) is 12.3 Å². The molecule has 0 heterocycles. The SMILES string of the molecule is C#CC(O)C[C@@H](O)c1ccccc1. The molecule has 1 aromatic carbocycles. The summed E-state index contributed by atoms with van der Waals surface area (Å²) in [5.74, 6) is 2.16. The normalized spacial score (nSPS) is 14.5. The van der Waals surface area contributed by atoms with E-state index < -0.39 is 12.2 Å². The second-order valence-electron chi connectivity index (χ2n) is 2.84. The minimum atomic E-state index is -0.879. The summed E-state index contributed by atoms with van der Waals surface area (Å²) in [7, 11) is 0. The van der Waals surface area contributed by atoms with Crippen LogP contribution in [0.2, 0.25) is 0 Å². The summed E-state index contributed by atoms with van der Waals surface area (Å²) in [6.07, 6.45) is 3.60. The first-order valence-electron chi connectivity index (χ1n) is 4.11. The highest BCUT2D eigenvalue weighted by Crippen LogP contribution is 2.17. The van der Waals surface area contributed by atoms with E-state index in [1.54, 1.807) is 12.1 Å². The highest BCUT2D eigenvalue weighted by atomic mass is 16.3. The van der Waals surface area contributed by atoms with E-state index in [9.17, 15) is 5.11 Å². The largest absolute Gasteiger partial charge is 0.388 e. The molecule has 0 amide bonds. The van der Waals surface area contributed by atoms with Gasteiger partial charge in [-0.3, -0.25) is 0 Å². The standard InChI is InChI=1S/C11H12O2/c1-2-10(12)8-11(13)9-6-4-3-5-7-9/h1,3-7,10-13H,8H2/t10?,11-/m1/s1. The van der Waals surface area contributed by atoms with Crippen LogP contribution in [0, 0.1) is 12.3 Å². The minimum Gasteiger partial charge on any atom is -0.388 e. The molecular formula is C11H12O2. The van der Waals surface area contributed by atoms with Gasteiger partial charge in [0, 0.05) is 6.42 Å². The van der Waals surface area contributed by atoms with Crippen LogP contribution in [0.5, 0.6) is 0 Å². The van der Waals surface area contributed by atoms with E-state index >= 15 is 0 Å². The van der Waals surface area contributed by atoms with Crippen LogP contribution < -0.4 is 0 Å². The Morgan fingerprint density at radius 3 is 2.38 bits per heavy atom. The first-order chi connectivity index (χ1) is 6.24. The maximum atomic E-state index is 9.57. The summed E-state index contributed by atoms with van der Waals surface area (Å²) in [5.41, 5.74) is 0.775. The zero-order valence-corrected chi connectivity index (χ0v) is 7.22. The number of terminal acetylenes is 1. The molecule has 1 rings (SSSR count). The molecule has 0 aliphatic carbocycles. The molecule has 2 N–H and O–H groups in total. The fourth-order valence-corrected chi connectivity index (χ4v) is 1.09. The Morgan fingerprint density at radius 1 is 1.23 bits per heavy atom. The minimum absolute atomic E-state index is 0.181. The van der Waals surface area contributed by atoms with Gasteiger partial charge in [0.1, 0.15) is 6.10 Å². The van der Waals surface area contributed by atoms with Gasteiger partial charge >= 0.3 is 0 Å². The molecule has 0 radical (unpaired) electrons. The van der Waals surface area contributed by atoms with Crippen LogP contribution in [0.4, 0.5) is 0 Å². The van der Waals surface area contributed by atoms with Gasteiger partial charge in [-0.1, -0.05) is 36.3 Å². The third-order valence-electron chi connectivity index (χ3n) is 1.82. The van der Waals surface area contributed by atoms with E-state index in [4.69, 9.17) is 11.5 Å². The third kappa shape index (κ3) is 2.90. The predicted octanol–water partition coefficient (Wildman–Crippen LogP) is 1.10. The van der Waals surface area contributed by atoms with Gasteiger partial charge < -0.3 is 10.2 Å². The van der Waals surface area contributed by atoms with Gasteiger partial charge in [0.2, 0.25) is 0 Å². The van der Waals surface area contributed by atoms with Crippen LogP contribution in [0.1, 0.15) is 18.1 Å². The molecule has 0 fully saturated rings. The van der Waals surface area contributed by atoms with Crippen LogP contribution >= 0.6 is 0 Å². The van der Waals surface area contributed by atoms with Crippen LogP contribution in [0.15, 0.2) is 30.3 Å². The van der Waals surface area contributed by atoms with Crippen LogP contribution in [-0.2, 0) is 0 Å². The summed E-state index contributed by atoms with van der Waals surface area (Å²) in [6.45, 7) is 0. The summed E-state index contributed by atoms with van der Waals surface area (Å²) >= 11 is 0. The molecule has 0 saturated heterocycles. The van der Waals surface area contributed by atoms with E-state index in [0.29, 0.717) is 0 Å². The molecule has 1 unspecified atom stereocenters. The molecule has 0 aromatic heterocycles. The Balaban J connectivity index is 2.60. The molecular weight excluding hydrogens is 164 g/mol. The van der Waals surface area contributed by atoms with Gasteiger partial charge in [-0.05, 0) is 5.56 Å². The molecule has 0 saturated carbocycles. The average Bonchev–Trinajstić information content (AvgIpc) is 2.19. The van der Waals surface area contributed by atoms with Gasteiger partial charge in [-0.15, -0.1) is 6.42 Å². The fraction of sp³-hybridized carbons (Fsp3) is 0.273. The fourth-order valence-electron chi connectivity index (χ4n) is 1.09. The molecule has 68 valence electrons. The van der Waals surface area contributed by atoms with Crippen molar-refractivity contribution in [1.82, 2.24) is 0 Å². The molecule has 2 nitrogen and oxygen atoms in total. The van der Waals surface area contributed by atoms with Crippen molar-refractivity contribution < 1.29 is 10.2 Å². The van der Waals surface area contributed by atoms with Crippen molar-refractivity contribution in [1.29, 1.82) is 0 Å². The van der Waals surface area contributed by atoms with Gasteiger partial charge in [0.25, 0.3) is 0 Å². The Hall–Kier alpha value is -1.30. The number of benzene rings is 1. The quantitative estimate of drug-likeness (QED) is 0.677. The van der Waals surface area contributed by atoms with Crippen LogP contribution in [0.3, 0.4) is 0 Å². The van der Waals surface area contributed by atoms with E-state index in [2.05, 4.69) is 5.92 Å². The van der Waals surface area contributed by atoms with Crippen LogP contribution in [-0.4, -0.2) is 16.3 Å². The molecule has 0 aliphatic heterocycles. The summed E-state index contributed by atoms with van der Waals surface area (Å²) in [5, 5.41) is 18.7. The van der Waals surface area contributed by atoms with Gasteiger partial charge in [0.05, 0.1) is 6.10 Å². The van der Waals surface area contributed by atoms with E-state index in [1.807, 2.05) is 18.2 Å². The lowest BCUT2D eigenvalue weighted by Crippen LogP contribution is -2.09. The first-order valence-corrected chi connectivity index (χ1v) is 4.11. The van der Waals surface area contributed by atoms with E-state index in [1.165, 1.54) is 0 Å². The van der Waals surface area contributed by atoms with Crippen molar-refractivity contribution in [2.24, 2.45) is 0 Å². The van der Waals surface area contributed by atoms with Crippen molar-refractivity contribution in [3.63, 3.8) is 0 Å². The maximum absolute atomic E-state index is 9.57. The molecule has 0 aliphatic rings. The molecule has 0 bridgehead atoms. The predicted molar refractivity (Wildman–Crippen MR) is 50.9 cm³/mol. The van der Waals surface area contributed by atoms with Gasteiger partial charge in [0.15, 0.2) is 0 Å². The number of hydrogen-bond donors (Lipinski definition) is 2. The van der Waals surface area contributed by atoms with Crippen molar-refractivity contribution in [2.45, 2.75) is 18.6 Å². The molecule has 2 heteroatoms. The lowest BCUT2D eigenvalue weighted by molar-refractivity contribution is 0.109. The Kier molecular flexibility index (Phi) is 3.51. The highest BCUT2D eigenvalue weighted by Gasteiger charge is 2.10. The zero-order valence-electron chi connectivity index (χ0n) is 7.22. The first kappa shape index (κ1) is 9.79. The van der Waals surface area contributed by atoms with Crippen molar-refractivity contribution in [2.75, 3.05) is 0 Å². The van der Waals surface area contributed by atoms with E-state index in [0.717, 1.165) is 5.56 Å². The third-order valence-corrected chi connectivity index (χ3v) is 1.82. The number of aliphatic hydroxyl groups is 2. The molecule has 0 spiro atoms. The Morgan fingerprint density at radius 2 is 1.85 bits per heavy atom. The smallest absolute Gasteiger partial charge is 0.117 e. The molecule has 2 atom stereocenters. The number of hydrogen-bond acceptors (Lipinski definition) is 2. The second kappa shape index (κ2) is 4.66. The average molecular weight is 176 g/mol. The van der Waals surface area contributed by atoms with Gasteiger partial charge in [-0.2, -0.15) is 0 Å². The lowest BCUT2D eigenvalue weighted by Gasteiger charge is -2.11. The Bertz CT molecular complexity index is 287. The highest BCUT2D eigenvalue weighted by molar-refractivity contribution is 5.17. The summed E-state index contributed by atoms with van der Waals surface area (Å²) in [6, 6.07) is 9.14. The Labute approximate surface area is 77.8 Å². The van der Waals surface area contributed by atoms with Gasteiger partial charge in [-0.25, -0.2) is 0 Å². The number of aliphatic hydroxyl groups excluding tert-OH is 2. The maximum Gasteiger partial charge on any atom is 0.117 e. The van der Waals surface area contributed by atoms with Crippen molar-refractivity contribution >= 4 is 0 Å². The lowest BCUT2D eigenvalue weighted by atomic mass is 10.0. The summed E-state index contributed by atoms with van der Waals surface area (Å²) in [4.78, 5) is 0. The summed E-state index contributed by atoms with van der Waals surface area (Å²) < 4.78 is 0. The molecule has 13 heavy (non-hydrogen) atoms.